The fourth-order valence-corrected chi connectivity index (χ4v) is 1.20. The molecular weight excluding hydrogens is 231 g/mol. The Morgan fingerprint density at radius 2 is 2.00 bits per heavy atom. The number of hydrogen-bond acceptors (Lipinski definition) is 2. The first-order valence-electron chi connectivity index (χ1n) is 3.92. The lowest BCUT2D eigenvalue weighted by Gasteiger charge is -2.09. The maximum absolute atomic E-state index is 12.3. The Labute approximate surface area is 89.0 Å². The Bertz CT molecular complexity index is 401. The number of nitrogens with zero attached hydrogens (tertiary/aromatic N) is 1. The van der Waals surface area contributed by atoms with Crippen LogP contribution in [0.2, 0.25) is 5.02 Å². The van der Waals surface area contributed by atoms with Crippen LogP contribution in [-0.2, 0) is 0 Å². The van der Waals surface area contributed by atoms with Crippen LogP contribution in [0.15, 0.2) is 23.4 Å². The molecule has 0 aliphatic carbocycles. The molecule has 0 amide bonds. The maximum Gasteiger partial charge on any atom is 0.437 e. The van der Waals surface area contributed by atoms with Crippen LogP contribution in [0.4, 0.5) is 13.2 Å². The summed E-state index contributed by atoms with van der Waals surface area (Å²) in [4.78, 5) is 0. The van der Waals surface area contributed by atoms with E-state index >= 15 is 0 Å². The first-order chi connectivity index (χ1) is 6.86. The highest BCUT2D eigenvalue weighted by Gasteiger charge is 2.37. The van der Waals surface area contributed by atoms with Crippen molar-refractivity contribution in [3.63, 3.8) is 0 Å². The summed E-state index contributed by atoms with van der Waals surface area (Å²) >= 11 is 5.66. The molecule has 1 aromatic carbocycles. The Hall–Kier alpha value is -1.23. The van der Waals surface area contributed by atoms with Gasteiger partial charge in [0, 0.05) is 10.6 Å². The molecule has 0 unspecified atom stereocenters. The zero-order valence-corrected chi connectivity index (χ0v) is 8.39. The van der Waals surface area contributed by atoms with Crippen LogP contribution < -0.4 is 0 Å². The second-order valence-electron chi connectivity index (χ2n) is 2.91. The average molecular weight is 238 g/mol. The lowest BCUT2D eigenvalue weighted by atomic mass is 10.1. The molecule has 82 valence electrons. The number of hydrogen-bond donors (Lipinski definition) is 1. The standard InChI is InChI=1S/C9H7ClF3NO/c1-5-2-3-6(4-7(5)10)8(14-15)9(11,12)13/h2-4,15H,1H3/b14-8-. The normalized spacial score (nSPS) is 13.0. The maximum atomic E-state index is 12.3. The highest BCUT2D eigenvalue weighted by atomic mass is 35.5. The van der Waals surface area contributed by atoms with Crippen molar-refractivity contribution in [1.82, 2.24) is 0 Å². The first kappa shape index (κ1) is 11.8. The number of halogens is 4. The molecule has 6 heteroatoms. The minimum Gasteiger partial charge on any atom is -0.410 e. The second-order valence-corrected chi connectivity index (χ2v) is 3.32. The van der Waals surface area contributed by atoms with Gasteiger partial charge in [0.1, 0.15) is 0 Å². The highest BCUT2D eigenvalue weighted by Crippen LogP contribution is 2.25. The Kier molecular flexibility index (Phi) is 3.24. The summed E-state index contributed by atoms with van der Waals surface area (Å²) in [7, 11) is 0. The van der Waals surface area contributed by atoms with E-state index in [4.69, 9.17) is 16.8 Å². The van der Waals surface area contributed by atoms with Gasteiger partial charge in [0.25, 0.3) is 0 Å². The molecule has 0 atom stereocenters. The van der Waals surface area contributed by atoms with Gasteiger partial charge in [-0.2, -0.15) is 13.2 Å². The van der Waals surface area contributed by atoms with Crippen LogP contribution >= 0.6 is 11.6 Å². The number of alkyl halides is 3. The van der Waals surface area contributed by atoms with Gasteiger partial charge in [-0.05, 0) is 18.6 Å². The third-order valence-electron chi connectivity index (χ3n) is 1.81. The number of oxime groups is 1. The summed E-state index contributed by atoms with van der Waals surface area (Å²) in [6.07, 6.45) is -4.70. The Morgan fingerprint density at radius 1 is 1.40 bits per heavy atom. The van der Waals surface area contributed by atoms with Crippen LogP contribution in [0, 0.1) is 6.92 Å². The van der Waals surface area contributed by atoms with Gasteiger partial charge in [-0.15, -0.1) is 0 Å². The fraction of sp³-hybridized carbons (Fsp3) is 0.222. The van der Waals surface area contributed by atoms with Crippen LogP contribution in [0.1, 0.15) is 11.1 Å². The van der Waals surface area contributed by atoms with Crippen molar-refractivity contribution in [3.05, 3.63) is 34.3 Å². The van der Waals surface area contributed by atoms with E-state index < -0.39 is 11.9 Å². The summed E-state index contributed by atoms with van der Waals surface area (Å²) in [5.74, 6) is 0. The van der Waals surface area contributed by atoms with E-state index in [1.165, 1.54) is 12.1 Å². The highest BCUT2D eigenvalue weighted by molar-refractivity contribution is 6.31. The molecule has 2 nitrogen and oxygen atoms in total. The number of rotatable bonds is 1. The van der Waals surface area contributed by atoms with Gasteiger partial charge in [-0.1, -0.05) is 28.9 Å². The molecule has 0 bridgehead atoms. The van der Waals surface area contributed by atoms with Crippen LogP contribution in [0.5, 0.6) is 0 Å². The molecule has 0 aromatic heterocycles. The van der Waals surface area contributed by atoms with E-state index in [0.29, 0.717) is 5.56 Å². The first-order valence-corrected chi connectivity index (χ1v) is 4.30. The molecule has 1 N–H and O–H groups in total. The van der Waals surface area contributed by atoms with E-state index in [1.807, 2.05) is 0 Å². The molecule has 0 aliphatic rings. The Balaban J connectivity index is 3.21. The third kappa shape index (κ3) is 2.62. The van der Waals surface area contributed by atoms with Gasteiger partial charge in [0.2, 0.25) is 0 Å². The third-order valence-corrected chi connectivity index (χ3v) is 2.22. The molecule has 0 heterocycles. The van der Waals surface area contributed by atoms with Crippen molar-refractivity contribution in [1.29, 1.82) is 0 Å². The average Bonchev–Trinajstić information content (AvgIpc) is 2.10. The largest absolute Gasteiger partial charge is 0.437 e. The van der Waals surface area contributed by atoms with E-state index in [1.54, 1.807) is 6.92 Å². The Morgan fingerprint density at radius 3 is 2.40 bits per heavy atom. The van der Waals surface area contributed by atoms with E-state index in [-0.39, 0.29) is 10.6 Å². The summed E-state index contributed by atoms with van der Waals surface area (Å²) in [6, 6.07) is 3.73. The molecule has 0 saturated heterocycles. The van der Waals surface area contributed by atoms with Crippen LogP contribution in [-0.4, -0.2) is 17.1 Å². The smallest absolute Gasteiger partial charge is 0.410 e. The van der Waals surface area contributed by atoms with E-state index in [2.05, 4.69) is 5.16 Å². The van der Waals surface area contributed by atoms with Gasteiger partial charge < -0.3 is 5.21 Å². The molecule has 0 radical (unpaired) electrons. The summed E-state index contributed by atoms with van der Waals surface area (Å²) in [5, 5.41) is 10.7. The molecule has 0 saturated carbocycles. The van der Waals surface area contributed by atoms with Crippen molar-refractivity contribution >= 4 is 17.3 Å². The molecule has 0 spiro atoms. The lowest BCUT2D eigenvalue weighted by molar-refractivity contribution is -0.0601. The van der Waals surface area contributed by atoms with Crippen molar-refractivity contribution in [2.24, 2.45) is 5.16 Å². The summed E-state index contributed by atoms with van der Waals surface area (Å²) in [5.41, 5.74) is -0.968. The minimum atomic E-state index is -4.70. The SMILES string of the molecule is Cc1ccc(/C(=N/O)C(F)(F)F)cc1Cl. The molecule has 15 heavy (non-hydrogen) atoms. The minimum absolute atomic E-state index is 0.193. The van der Waals surface area contributed by atoms with Crippen LogP contribution in [0.25, 0.3) is 0 Å². The van der Waals surface area contributed by atoms with E-state index in [0.717, 1.165) is 6.07 Å². The van der Waals surface area contributed by atoms with Crippen molar-refractivity contribution in [3.8, 4) is 0 Å². The number of aryl methyl sites for hydroxylation is 1. The number of benzene rings is 1. The van der Waals surface area contributed by atoms with Crippen LogP contribution in [0.3, 0.4) is 0 Å². The summed E-state index contributed by atoms with van der Waals surface area (Å²) < 4.78 is 36.9. The fourth-order valence-electron chi connectivity index (χ4n) is 1.02. The summed E-state index contributed by atoms with van der Waals surface area (Å²) in [6.45, 7) is 1.66. The topological polar surface area (TPSA) is 32.6 Å². The molecule has 1 aromatic rings. The molecule has 0 aliphatic heterocycles. The van der Waals surface area contributed by atoms with Gasteiger partial charge >= 0.3 is 6.18 Å². The zero-order chi connectivity index (χ0) is 11.6. The second kappa shape index (κ2) is 4.10. The van der Waals surface area contributed by atoms with Crippen molar-refractivity contribution < 1.29 is 18.4 Å². The molecule has 0 fully saturated rings. The molecule has 1 rings (SSSR count). The monoisotopic (exact) mass is 237 g/mol. The van der Waals surface area contributed by atoms with Gasteiger partial charge in [-0.3, -0.25) is 0 Å². The van der Waals surface area contributed by atoms with Gasteiger partial charge in [0.05, 0.1) is 0 Å². The zero-order valence-electron chi connectivity index (χ0n) is 7.64. The quantitative estimate of drug-likeness (QED) is 0.453. The van der Waals surface area contributed by atoms with E-state index in [9.17, 15) is 13.2 Å². The van der Waals surface area contributed by atoms with Gasteiger partial charge in [-0.25, -0.2) is 0 Å². The molecular formula is C9H7ClF3NO. The van der Waals surface area contributed by atoms with Crippen molar-refractivity contribution in [2.75, 3.05) is 0 Å². The predicted molar refractivity (Wildman–Crippen MR) is 50.6 cm³/mol. The van der Waals surface area contributed by atoms with Crippen molar-refractivity contribution in [2.45, 2.75) is 13.1 Å². The van der Waals surface area contributed by atoms with Gasteiger partial charge in [0.15, 0.2) is 5.71 Å². The predicted octanol–water partition coefficient (Wildman–Crippen LogP) is 3.39. The lowest BCUT2D eigenvalue weighted by Crippen LogP contribution is -2.24.